The van der Waals surface area contributed by atoms with Gasteiger partial charge in [-0.2, -0.15) is 0 Å². The lowest BCUT2D eigenvalue weighted by molar-refractivity contribution is -0.129. The molecule has 0 aliphatic rings. The van der Waals surface area contributed by atoms with E-state index in [0.717, 1.165) is 0 Å². The topological polar surface area (TPSA) is 60.8 Å². The van der Waals surface area contributed by atoms with Gasteiger partial charge in [-0.3, -0.25) is 4.79 Å². The first-order valence-corrected chi connectivity index (χ1v) is 4.43. The van der Waals surface area contributed by atoms with Crippen LogP contribution in [0.5, 0.6) is 0 Å². The van der Waals surface area contributed by atoms with Gasteiger partial charge in [0, 0.05) is 13.1 Å². The summed E-state index contributed by atoms with van der Waals surface area (Å²) in [7, 11) is 0. The fourth-order valence-corrected chi connectivity index (χ4v) is 1.04. The maximum atomic E-state index is 10.9. The van der Waals surface area contributed by atoms with Crippen LogP contribution in [0.1, 0.15) is 0 Å². The molecule has 0 heterocycles. The average molecular weight is 226 g/mol. The van der Waals surface area contributed by atoms with Crippen molar-refractivity contribution in [3.05, 3.63) is 0 Å². The molecule has 0 saturated heterocycles. The van der Waals surface area contributed by atoms with Crippen LogP contribution in [0.4, 0.5) is 0 Å². The minimum atomic E-state index is -0.117. The van der Waals surface area contributed by atoms with Crippen LogP contribution in [-0.4, -0.2) is 52.7 Å². The Hall–Kier alpha value is -0.130. The van der Waals surface area contributed by atoms with Gasteiger partial charge in [-0.15, -0.1) is 0 Å². The summed E-state index contributed by atoms with van der Waals surface area (Å²) in [5.41, 5.74) is 0. The molecule has 0 radical (unpaired) electrons. The van der Waals surface area contributed by atoms with Gasteiger partial charge in [0.2, 0.25) is 5.91 Å². The van der Waals surface area contributed by atoms with Crippen LogP contribution in [0.25, 0.3) is 0 Å². The quantitative estimate of drug-likeness (QED) is 0.603. The SMILES string of the molecule is O=C(CBr)N(CCO)CCO. The van der Waals surface area contributed by atoms with E-state index in [4.69, 9.17) is 10.2 Å². The number of alkyl halides is 1. The summed E-state index contributed by atoms with van der Waals surface area (Å²) >= 11 is 3.00. The zero-order valence-corrected chi connectivity index (χ0v) is 7.75. The number of aliphatic hydroxyl groups is 2. The van der Waals surface area contributed by atoms with Crippen molar-refractivity contribution < 1.29 is 15.0 Å². The smallest absolute Gasteiger partial charge is 0.233 e. The summed E-state index contributed by atoms with van der Waals surface area (Å²) in [4.78, 5) is 12.3. The lowest BCUT2D eigenvalue weighted by atomic mass is 10.4. The second-order valence-electron chi connectivity index (χ2n) is 1.96. The average Bonchev–Trinajstić information content (AvgIpc) is 2.03. The van der Waals surface area contributed by atoms with Crippen LogP contribution >= 0.6 is 15.9 Å². The van der Waals surface area contributed by atoms with E-state index in [0.29, 0.717) is 0 Å². The van der Waals surface area contributed by atoms with Gasteiger partial charge in [-0.1, -0.05) is 15.9 Å². The van der Waals surface area contributed by atoms with Crippen LogP contribution in [0.2, 0.25) is 0 Å². The highest BCUT2D eigenvalue weighted by molar-refractivity contribution is 9.09. The molecule has 0 spiro atoms. The number of hydrogen-bond acceptors (Lipinski definition) is 3. The largest absolute Gasteiger partial charge is 0.395 e. The van der Waals surface area contributed by atoms with Crippen LogP contribution in [0, 0.1) is 0 Å². The van der Waals surface area contributed by atoms with E-state index in [1.54, 1.807) is 0 Å². The molecule has 0 aliphatic heterocycles. The molecule has 0 unspecified atom stereocenters. The summed E-state index contributed by atoms with van der Waals surface area (Å²) in [6.07, 6.45) is 0. The molecule has 5 heteroatoms. The van der Waals surface area contributed by atoms with Gasteiger partial charge in [0.1, 0.15) is 0 Å². The van der Waals surface area contributed by atoms with Gasteiger partial charge < -0.3 is 15.1 Å². The van der Waals surface area contributed by atoms with Crippen molar-refractivity contribution in [3.63, 3.8) is 0 Å². The zero-order chi connectivity index (χ0) is 8.69. The first-order valence-electron chi connectivity index (χ1n) is 3.31. The third-order valence-corrected chi connectivity index (χ3v) is 1.69. The zero-order valence-electron chi connectivity index (χ0n) is 6.16. The number of hydrogen-bond donors (Lipinski definition) is 2. The summed E-state index contributed by atoms with van der Waals surface area (Å²) in [5, 5.41) is 17.3. The first kappa shape index (κ1) is 10.9. The number of carbonyl (C=O) groups is 1. The molecule has 0 saturated carbocycles. The first-order chi connectivity index (χ1) is 5.26. The molecule has 0 bridgehead atoms. The monoisotopic (exact) mass is 225 g/mol. The van der Waals surface area contributed by atoms with E-state index < -0.39 is 0 Å². The van der Waals surface area contributed by atoms with Crippen LogP contribution in [0.15, 0.2) is 0 Å². The Balaban J connectivity index is 3.76. The predicted octanol–water partition coefficient (Wildman–Crippen LogP) is -0.805. The van der Waals surface area contributed by atoms with Gasteiger partial charge in [-0.05, 0) is 0 Å². The second kappa shape index (κ2) is 6.57. The molecule has 11 heavy (non-hydrogen) atoms. The molecule has 0 aromatic carbocycles. The highest BCUT2D eigenvalue weighted by Crippen LogP contribution is 1.92. The van der Waals surface area contributed by atoms with E-state index in [2.05, 4.69) is 15.9 Å². The van der Waals surface area contributed by atoms with Crippen molar-refractivity contribution in [2.24, 2.45) is 0 Å². The molecule has 0 fully saturated rings. The number of rotatable bonds is 5. The second-order valence-corrected chi connectivity index (χ2v) is 2.52. The van der Waals surface area contributed by atoms with Crippen LogP contribution in [0.3, 0.4) is 0 Å². The fraction of sp³-hybridized carbons (Fsp3) is 0.833. The van der Waals surface area contributed by atoms with E-state index in [1.807, 2.05) is 0 Å². The molecule has 0 atom stereocenters. The number of nitrogens with zero attached hydrogens (tertiary/aromatic N) is 1. The molecular formula is C6H12BrNO3. The van der Waals surface area contributed by atoms with E-state index in [9.17, 15) is 4.79 Å². The molecule has 1 amide bonds. The number of aliphatic hydroxyl groups excluding tert-OH is 2. The Morgan fingerprint density at radius 1 is 1.27 bits per heavy atom. The Morgan fingerprint density at radius 2 is 1.73 bits per heavy atom. The number of carbonyl (C=O) groups excluding carboxylic acids is 1. The molecule has 0 aliphatic carbocycles. The minimum Gasteiger partial charge on any atom is -0.395 e. The Morgan fingerprint density at radius 3 is 2.00 bits per heavy atom. The standard InChI is InChI=1S/C6H12BrNO3/c7-5-6(11)8(1-3-9)2-4-10/h9-10H,1-5H2. The Labute approximate surface area is 73.9 Å². The van der Waals surface area contributed by atoms with E-state index in [1.165, 1.54) is 4.90 Å². The van der Waals surface area contributed by atoms with Crippen molar-refractivity contribution in [1.29, 1.82) is 0 Å². The maximum absolute atomic E-state index is 10.9. The third-order valence-electron chi connectivity index (χ3n) is 1.21. The number of amides is 1. The van der Waals surface area contributed by atoms with Crippen molar-refractivity contribution in [2.75, 3.05) is 31.6 Å². The van der Waals surface area contributed by atoms with Gasteiger partial charge in [0.15, 0.2) is 0 Å². The molecule has 0 aromatic rings. The minimum absolute atomic E-state index is 0.0707. The van der Waals surface area contributed by atoms with Crippen molar-refractivity contribution in [2.45, 2.75) is 0 Å². The molecule has 4 nitrogen and oxygen atoms in total. The molecule has 0 aromatic heterocycles. The van der Waals surface area contributed by atoms with Gasteiger partial charge in [-0.25, -0.2) is 0 Å². The Kier molecular flexibility index (Phi) is 6.49. The summed E-state index contributed by atoms with van der Waals surface area (Å²) in [6.45, 7) is 0.424. The summed E-state index contributed by atoms with van der Waals surface area (Å²) < 4.78 is 0. The van der Waals surface area contributed by atoms with Crippen LogP contribution < -0.4 is 0 Å². The summed E-state index contributed by atoms with van der Waals surface area (Å²) in [5.74, 6) is -0.117. The van der Waals surface area contributed by atoms with E-state index in [-0.39, 0.29) is 37.5 Å². The molecule has 2 N–H and O–H groups in total. The highest BCUT2D eigenvalue weighted by atomic mass is 79.9. The van der Waals surface area contributed by atoms with Crippen molar-refractivity contribution >= 4 is 21.8 Å². The Bertz CT molecular complexity index is 114. The highest BCUT2D eigenvalue weighted by Gasteiger charge is 2.09. The predicted molar refractivity (Wildman–Crippen MR) is 44.5 cm³/mol. The lowest BCUT2D eigenvalue weighted by Gasteiger charge is -2.18. The molecule has 0 rings (SSSR count). The summed E-state index contributed by atoms with van der Waals surface area (Å²) in [6, 6.07) is 0. The lowest BCUT2D eigenvalue weighted by Crippen LogP contribution is -2.36. The van der Waals surface area contributed by atoms with Gasteiger partial charge in [0.25, 0.3) is 0 Å². The third kappa shape index (κ3) is 4.34. The van der Waals surface area contributed by atoms with Gasteiger partial charge >= 0.3 is 0 Å². The van der Waals surface area contributed by atoms with E-state index >= 15 is 0 Å². The fourth-order valence-electron chi connectivity index (χ4n) is 0.687. The maximum Gasteiger partial charge on any atom is 0.233 e. The normalized spacial score (nSPS) is 9.73. The van der Waals surface area contributed by atoms with Gasteiger partial charge in [0.05, 0.1) is 18.5 Å². The van der Waals surface area contributed by atoms with Crippen molar-refractivity contribution in [3.8, 4) is 0 Å². The van der Waals surface area contributed by atoms with Crippen LogP contribution in [-0.2, 0) is 4.79 Å². The molecular weight excluding hydrogens is 214 g/mol. The van der Waals surface area contributed by atoms with Crippen molar-refractivity contribution in [1.82, 2.24) is 4.90 Å². The molecule has 66 valence electrons. The number of halogens is 1.